The Bertz CT molecular complexity index is 875. The number of carbonyl (C=O) groups is 1. The van der Waals surface area contributed by atoms with Crippen LogP contribution in [0.2, 0.25) is 0 Å². The zero-order valence-corrected chi connectivity index (χ0v) is 13.6. The molecule has 0 atom stereocenters. The van der Waals surface area contributed by atoms with Crippen molar-refractivity contribution in [1.82, 2.24) is 20.2 Å². The zero-order valence-electron chi connectivity index (χ0n) is 13.6. The number of hydrogen-bond donors (Lipinski definition) is 1. The first-order chi connectivity index (χ1) is 11.6. The van der Waals surface area contributed by atoms with Crippen molar-refractivity contribution < 1.29 is 9.53 Å². The summed E-state index contributed by atoms with van der Waals surface area (Å²) in [4.78, 5) is 12.4. The maximum absolute atomic E-state index is 12.4. The van der Waals surface area contributed by atoms with Crippen molar-refractivity contribution in [2.24, 2.45) is 0 Å². The lowest BCUT2D eigenvalue weighted by Gasteiger charge is -2.11. The normalized spacial score (nSPS) is 10.5. The molecule has 0 aliphatic heterocycles. The summed E-state index contributed by atoms with van der Waals surface area (Å²) >= 11 is 0. The van der Waals surface area contributed by atoms with E-state index in [1.807, 2.05) is 38.1 Å². The van der Waals surface area contributed by atoms with Crippen molar-refractivity contribution in [2.45, 2.75) is 13.8 Å². The van der Waals surface area contributed by atoms with Gasteiger partial charge >= 0.3 is 0 Å². The van der Waals surface area contributed by atoms with E-state index in [4.69, 9.17) is 4.74 Å². The van der Waals surface area contributed by atoms with Gasteiger partial charge in [-0.25, -0.2) is 4.68 Å². The van der Waals surface area contributed by atoms with Crippen molar-refractivity contribution in [3.63, 3.8) is 0 Å². The van der Waals surface area contributed by atoms with Gasteiger partial charge in [0.1, 0.15) is 12.1 Å². The Labute approximate surface area is 139 Å². The van der Waals surface area contributed by atoms with Crippen LogP contribution in [-0.4, -0.2) is 33.2 Å². The highest BCUT2D eigenvalue weighted by molar-refractivity contribution is 6.04. The summed E-state index contributed by atoms with van der Waals surface area (Å²) in [5.41, 5.74) is 4.03. The summed E-state index contributed by atoms with van der Waals surface area (Å²) in [5, 5.41) is 14.0. The summed E-state index contributed by atoms with van der Waals surface area (Å²) in [7, 11) is 1.59. The molecular formula is C17H17N5O2. The average Bonchev–Trinajstić information content (AvgIpc) is 3.09. The molecule has 7 nitrogen and oxygen atoms in total. The van der Waals surface area contributed by atoms with Gasteiger partial charge in [-0.15, -0.1) is 5.10 Å². The van der Waals surface area contributed by atoms with Crippen LogP contribution in [0, 0.1) is 13.8 Å². The van der Waals surface area contributed by atoms with Crippen LogP contribution in [0.25, 0.3) is 5.69 Å². The highest BCUT2D eigenvalue weighted by atomic mass is 16.5. The van der Waals surface area contributed by atoms with Crippen molar-refractivity contribution in [1.29, 1.82) is 0 Å². The number of hydrogen-bond acceptors (Lipinski definition) is 5. The Balaban J connectivity index is 1.81. The summed E-state index contributed by atoms with van der Waals surface area (Å²) in [5.74, 6) is 0.496. The largest absolute Gasteiger partial charge is 0.496 e. The van der Waals surface area contributed by atoms with E-state index in [0.717, 1.165) is 16.8 Å². The topological polar surface area (TPSA) is 81.9 Å². The lowest BCUT2D eigenvalue weighted by molar-refractivity contribution is 0.102. The number of methoxy groups -OCH3 is 1. The third kappa shape index (κ3) is 3.10. The molecule has 0 aliphatic carbocycles. The molecule has 1 aromatic heterocycles. The standard InChI is InChI=1S/C17H17N5O2/c1-11-4-5-13(9-16(11)24-3)17(23)19-14-6-7-15(12(2)8-14)22-10-18-20-21-22/h4-10H,1-3H3,(H,19,23). The van der Waals surface area contributed by atoms with Crippen molar-refractivity contribution in [3.8, 4) is 11.4 Å². The van der Waals surface area contributed by atoms with E-state index in [0.29, 0.717) is 17.0 Å². The number of ether oxygens (including phenoxy) is 1. The van der Waals surface area contributed by atoms with E-state index in [2.05, 4.69) is 20.8 Å². The van der Waals surface area contributed by atoms with Crippen LogP contribution in [0.15, 0.2) is 42.7 Å². The molecule has 3 rings (SSSR count). The third-order valence-corrected chi connectivity index (χ3v) is 3.72. The van der Waals surface area contributed by atoms with Crippen molar-refractivity contribution >= 4 is 11.6 Å². The number of carbonyl (C=O) groups excluding carboxylic acids is 1. The van der Waals surface area contributed by atoms with Gasteiger partial charge < -0.3 is 10.1 Å². The van der Waals surface area contributed by atoms with Gasteiger partial charge in [-0.2, -0.15) is 0 Å². The number of benzene rings is 2. The van der Waals surface area contributed by atoms with Gasteiger partial charge in [-0.1, -0.05) is 6.07 Å². The summed E-state index contributed by atoms with van der Waals surface area (Å²) in [6, 6.07) is 10.9. The van der Waals surface area contributed by atoms with Crippen LogP contribution in [0.4, 0.5) is 5.69 Å². The molecule has 24 heavy (non-hydrogen) atoms. The third-order valence-electron chi connectivity index (χ3n) is 3.72. The number of rotatable bonds is 4. The number of anilines is 1. The average molecular weight is 323 g/mol. The first-order valence-electron chi connectivity index (χ1n) is 7.38. The molecule has 2 aromatic carbocycles. The van der Waals surface area contributed by atoms with Crippen molar-refractivity contribution in [3.05, 3.63) is 59.4 Å². The van der Waals surface area contributed by atoms with E-state index in [-0.39, 0.29) is 5.91 Å². The Morgan fingerprint density at radius 3 is 2.62 bits per heavy atom. The molecule has 1 N–H and O–H groups in total. The van der Waals surface area contributed by atoms with E-state index < -0.39 is 0 Å². The summed E-state index contributed by atoms with van der Waals surface area (Å²) in [6.07, 6.45) is 1.53. The van der Waals surface area contributed by atoms with Gasteiger partial charge in [0.2, 0.25) is 0 Å². The molecule has 7 heteroatoms. The Morgan fingerprint density at radius 2 is 1.96 bits per heavy atom. The van der Waals surface area contributed by atoms with Crippen LogP contribution in [-0.2, 0) is 0 Å². The predicted molar refractivity (Wildman–Crippen MR) is 89.6 cm³/mol. The number of aryl methyl sites for hydroxylation is 2. The summed E-state index contributed by atoms with van der Waals surface area (Å²) in [6.45, 7) is 3.86. The lowest BCUT2D eigenvalue weighted by Crippen LogP contribution is -2.12. The minimum absolute atomic E-state index is 0.192. The maximum atomic E-state index is 12.4. The fourth-order valence-corrected chi connectivity index (χ4v) is 2.43. The predicted octanol–water partition coefficient (Wildman–Crippen LogP) is 2.54. The second kappa shape index (κ2) is 6.49. The highest BCUT2D eigenvalue weighted by Gasteiger charge is 2.10. The minimum Gasteiger partial charge on any atom is -0.496 e. The Kier molecular flexibility index (Phi) is 4.24. The molecule has 0 radical (unpaired) electrons. The Morgan fingerprint density at radius 1 is 1.12 bits per heavy atom. The van der Waals surface area contributed by atoms with E-state index in [1.165, 1.54) is 6.33 Å². The van der Waals surface area contributed by atoms with E-state index >= 15 is 0 Å². The first kappa shape index (κ1) is 15.7. The van der Waals surface area contributed by atoms with E-state index in [9.17, 15) is 4.79 Å². The van der Waals surface area contributed by atoms with Gasteiger partial charge in [0.15, 0.2) is 0 Å². The SMILES string of the molecule is COc1cc(C(=O)Nc2ccc(-n3cnnn3)c(C)c2)ccc1C. The number of tetrazole rings is 1. The molecule has 0 saturated carbocycles. The molecule has 0 spiro atoms. The minimum atomic E-state index is -0.192. The molecular weight excluding hydrogens is 306 g/mol. The monoisotopic (exact) mass is 323 g/mol. The quantitative estimate of drug-likeness (QED) is 0.798. The van der Waals surface area contributed by atoms with Gasteiger partial charge in [0.05, 0.1) is 12.8 Å². The molecule has 0 saturated heterocycles. The van der Waals surface area contributed by atoms with Crippen LogP contribution >= 0.6 is 0 Å². The van der Waals surface area contributed by atoms with Crippen molar-refractivity contribution in [2.75, 3.05) is 12.4 Å². The molecule has 0 aliphatic rings. The number of aromatic nitrogens is 4. The molecule has 0 fully saturated rings. The second-order valence-corrected chi connectivity index (χ2v) is 5.39. The lowest BCUT2D eigenvalue weighted by atomic mass is 10.1. The molecule has 122 valence electrons. The highest BCUT2D eigenvalue weighted by Crippen LogP contribution is 2.21. The number of amides is 1. The molecule has 1 heterocycles. The van der Waals surface area contributed by atoms with E-state index in [1.54, 1.807) is 23.9 Å². The molecule has 1 amide bonds. The molecule has 3 aromatic rings. The first-order valence-corrected chi connectivity index (χ1v) is 7.38. The van der Waals surface area contributed by atoms with Gasteiger partial charge in [-0.3, -0.25) is 4.79 Å². The Hall–Kier alpha value is -3.22. The van der Waals surface area contributed by atoms with Crippen LogP contribution in [0.3, 0.4) is 0 Å². The zero-order chi connectivity index (χ0) is 17.1. The summed E-state index contributed by atoms with van der Waals surface area (Å²) < 4.78 is 6.84. The smallest absolute Gasteiger partial charge is 0.255 e. The van der Waals surface area contributed by atoms with Crippen LogP contribution < -0.4 is 10.1 Å². The molecule has 0 bridgehead atoms. The van der Waals surface area contributed by atoms with Gasteiger partial charge in [0.25, 0.3) is 5.91 Å². The number of nitrogens with one attached hydrogen (secondary N) is 1. The maximum Gasteiger partial charge on any atom is 0.255 e. The van der Waals surface area contributed by atoms with Crippen LogP contribution in [0.5, 0.6) is 5.75 Å². The molecule has 0 unspecified atom stereocenters. The second-order valence-electron chi connectivity index (χ2n) is 5.39. The fraction of sp³-hybridized carbons (Fsp3) is 0.176. The fourth-order valence-electron chi connectivity index (χ4n) is 2.43. The van der Waals surface area contributed by atoms with Gasteiger partial charge in [0, 0.05) is 11.3 Å². The van der Waals surface area contributed by atoms with Crippen LogP contribution in [0.1, 0.15) is 21.5 Å². The van der Waals surface area contributed by atoms with Gasteiger partial charge in [-0.05, 0) is 65.7 Å². The number of nitrogens with zero attached hydrogens (tertiary/aromatic N) is 4.